The Morgan fingerprint density at radius 2 is 1.92 bits per heavy atom. The topological polar surface area (TPSA) is 97.2 Å². The Hall–Kier alpha value is -3.35. The smallest absolute Gasteiger partial charge is 0.341 e. The minimum absolute atomic E-state index is 0.355. The molecule has 0 aliphatic heterocycles. The van der Waals surface area contributed by atoms with Crippen molar-refractivity contribution in [1.82, 2.24) is 5.43 Å². The standard InChI is InChI=1S/C17H16N2O5/c1-23-15-4-2-3-13(9-15)17(22)19-18-10-12-5-7-14(8-6-12)24-11-16(20)21/h2-10H,11H2,1H3,(H,19,22)(H,20,21). The van der Waals surface area contributed by atoms with E-state index < -0.39 is 12.6 Å². The lowest BCUT2D eigenvalue weighted by Crippen LogP contribution is -2.17. The SMILES string of the molecule is COc1cccc(C(=O)NN=Cc2ccc(OCC(=O)O)cc2)c1. The predicted octanol–water partition coefficient (Wildman–Crippen LogP) is 1.92. The molecule has 2 rings (SSSR count). The van der Waals surface area contributed by atoms with Gasteiger partial charge in [-0.2, -0.15) is 5.10 Å². The van der Waals surface area contributed by atoms with Crippen LogP contribution in [0.15, 0.2) is 53.6 Å². The van der Waals surface area contributed by atoms with Gasteiger partial charge in [0.15, 0.2) is 6.61 Å². The molecule has 0 atom stereocenters. The van der Waals surface area contributed by atoms with E-state index in [4.69, 9.17) is 14.6 Å². The van der Waals surface area contributed by atoms with Crippen LogP contribution >= 0.6 is 0 Å². The van der Waals surface area contributed by atoms with E-state index in [-0.39, 0.29) is 5.91 Å². The number of rotatable bonds is 7. The highest BCUT2D eigenvalue weighted by atomic mass is 16.5. The molecule has 124 valence electrons. The highest BCUT2D eigenvalue weighted by Crippen LogP contribution is 2.12. The van der Waals surface area contributed by atoms with E-state index in [1.165, 1.54) is 13.3 Å². The number of carbonyl (C=O) groups excluding carboxylic acids is 1. The molecule has 0 heterocycles. The van der Waals surface area contributed by atoms with E-state index in [1.807, 2.05) is 0 Å². The van der Waals surface area contributed by atoms with Crippen molar-refractivity contribution in [2.45, 2.75) is 0 Å². The van der Waals surface area contributed by atoms with Crippen molar-refractivity contribution in [3.63, 3.8) is 0 Å². The zero-order valence-electron chi connectivity index (χ0n) is 12.9. The van der Waals surface area contributed by atoms with Gasteiger partial charge in [-0.1, -0.05) is 6.07 Å². The fourth-order valence-corrected chi connectivity index (χ4v) is 1.79. The molecule has 24 heavy (non-hydrogen) atoms. The number of hydrazone groups is 1. The van der Waals surface area contributed by atoms with E-state index in [0.29, 0.717) is 17.1 Å². The molecule has 0 saturated carbocycles. The molecule has 0 aliphatic rings. The largest absolute Gasteiger partial charge is 0.497 e. The van der Waals surface area contributed by atoms with Gasteiger partial charge in [0.2, 0.25) is 0 Å². The minimum Gasteiger partial charge on any atom is -0.497 e. The van der Waals surface area contributed by atoms with E-state index in [2.05, 4.69) is 10.5 Å². The summed E-state index contributed by atoms with van der Waals surface area (Å²) >= 11 is 0. The van der Waals surface area contributed by atoms with Gasteiger partial charge < -0.3 is 14.6 Å². The summed E-state index contributed by atoms with van der Waals surface area (Å²) in [4.78, 5) is 22.4. The van der Waals surface area contributed by atoms with Gasteiger partial charge in [0.1, 0.15) is 11.5 Å². The number of ether oxygens (including phenoxy) is 2. The first-order valence-electron chi connectivity index (χ1n) is 7.00. The van der Waals surface area contributed by atoms with Crippen molar-refractivity contribution in [2.24, 2.45) is 5.10 Å². The molecule has 0 saturated heterocycles. The van der Waals surface area contributed by atoms with Gasteiger partial charge in [0.25, 0.3) is 5.91 Å². The predicted molar refractivity (Wildman–Crippen MR) is 87.6 cm³/mol. The molecule has 2 aromatic carbocycles. The van der Waals surface area contributed by atoms with Gasteiger partial charge in [0.05, 0.1) is 13.3 Å². The number of methoxy groups -OCH3 is 1. The van der Waals surface area contributed by atoms with Crippen molar-refractivity contribution < 1.29 is 24.2 Å². The molecule has 2 N–H and O–H groups in total. The molecule has 0 aromatic heterocycles. The lowest BCUT2D eigenvalue weighted by Gasteiger charge is -2.03. The first-order valence-corrected chi connectivity index (χ1v) is 7.00. The van der Waals surface area contributed by atoms with E-state index >= 15 is 0 Å². The number of benzene rings is 2. The molecule has 0 unspecified atom stereocenters. The third kappa shape index (κ3) is 5.13. The Labute approximate surface area is 138 Å². The number of carboxylic acid groups (broad SMARTS) is 1. The van der Waals surface area contributed by atoms with Gasteiger partial charge in [-0.3, -0.25) is 4.79 Å². The molecular formula is C17H16N2O5. The van der Waals surface area contributed by atoms with Crippen LogP contribution < -0.4 is 14.9 Å². The monoisotopic (exact) mass is 328 g/mol. The maximum atomic E-state index is 12.0. The van der Waals surface area contributed by atoms with Gasteiger partial charge in [-0.25, -0.2) is 10.2 Å². The molecule has 7 nitrogen and oxygen atoms in total. The number of nitrogens with one attached hydrogen (secondary N) is 1. The first kappa shape index (κ1) is 17.0. The Kier molecular flexibility index (Phi) is 5.90. The number of aliphatic carboxylic acids is 1. The van der Waals surface area contributed by atoms with Crippen LogP contribution in [0.2, 0.25) is 0 Å². The highest BCUT2D eigenvalue weighted by molar-refractivity contribution is 5.95. The number of carbonyl (C=O) groups is 2. The quantitative estimate of drug-likeness (QED) is 0.598. The Morgan fingerprint density at radius 3 is 2.58 bits per heavy atom. The highest BCUT2D eigenvalue weighted by Gasteiger charge is 2.05. The van der Waals surface area contributed by atoms with Crippen molar-refractivity contribution in [3.05, 3.63) is 59.7 Å². The van der Waals surface area contributed by atoms with Crippen LogP contribution in [0.4, 0.5) is 0 Å². The summed E-state index contributed by atoms with van der Waals surface area (Å²) in [6.45, 7) is -0.399. The van der Waals surface area contributed by atoms with Crippen LogP contribution in [-0.2, 0) is 4.79 Å². The summed E-state index contributed by atoms with van der Waals surface area (Å²) in [5.41, 5.74) is 3.58. The second-order valence-corrected chi connectivity index (χ2v) is 4.68. The number of carboxylic acids is 1. The van der Waals surface area contributed by atoms with Crippen molar-refractivity contribution in [1.29, 1.82) is 0 Å². The summed E-state index contributed by atoms with van der Waals surface area (Å²) in [5.74, 6) is -0.369. The lowest BCUT2D eigenvalue weighted by atomic mass is 10.2. The molecule has 0 radical (unpaired) electrons. The first-order chi connectivity index (χ1) is 11.6. The molecule has 2 aromatic rings. The van der Waals surface area contributed by atoms with Gasteiger partial charge in [-0.05, 0) is 48.0 Å². The van der Waals surface area contributed by atoms with Crippen LogP contribution in [0, 0.1) is 0 Å². The molecule has 0 aliphatic carbocycles. The molecule has 0 spiro atoms. The summed E-state index contributed by atoms with van der Waals surface area (Å²) in [7, 11) is 1.53. The Balaban J connectivity index is 1.91. The minimum atomic E-state index is -1.04. The van der Waals surface area contributed by atoms with Crippen LogP contribution in [0.3, 0.4) is 0 Å². The van der Waals surface area contributed by atoms with Crippen LogP contribution in [0.1, 0.15) is 15.9 Å². The fourth-order valence-electron chi connectivity index (χ4n) is 1.79. The number of amides is 1. The third-order valence-electron chi connectivity index (χ3n) is 2.95. The second kappa shape index (κ2) is 8.33. The third-order valence-corrected chi connectivity index (χ3v) is 2.95. The summed E-state index contributed by atoms with van der Waals surface area (Å²) in [6, 6.07) is 13.3. The molecular weight excluding hydrogens is 312 g/mol. The van der Waals surface area contributed by atoms with Crippen molar-refractivity contribution >= 4 is 18.1 Å². The van der Waals surface area contributed by atoms with Gasteiger partial charge >= 0.3 is 5.97 Å². The lowest BCUT2D eigenvalue weighted by molar-refractivity contribution is -0.139. The maximum absolute atomic E-state index is 12.0. The van der Waals surface area contributed by atoms with E-state index in [1.54, 1.807) is 48.5 Å². The number of hydrogen-bond acceptors (Lipinski definition) is 5. The fraction of sp³-hybridized carbons (Fsp3) is 0.118. The summed E-state index contributed by atoms with van der Waals surface area (Å²) < 4.78 is 10.1. The summed E-state index contributed by atoms with van der Waals surface area (Å²) in [6.07, 6.45) is 1.47. The van der Waals surface area contributed by atoms with Gasteiger partial charge in [-0.15, -0.1) is 0 Å². The molecule has 0 fully saturated rings. The zero-order chi connectivity index (χ0) is 17.4. The van der Waals surface area contributed by atoms with E-state index in [0.717, 1.165) is 5.56 Å². The average Bonchev–Trinajstić information content (AvgIpc) is 2.61. The average molecular weight is 328 g/mol. The van der Waals surface area contributed by atoms with Crippen LogP contribution in [0.25, 0.3) is 0 Å². The van der Waals surface area contributed by atoms with Crippen molar-refractivity contribution in [2.75, 3.05) is 13.7 Å². The number of hydrogen-bond donors (Lipinski definition) is 2. The number of nitrogens with zero attached hydrogens (tertiary/aromatic N) is 1. The summed E-state index contributed by atoms with van der Waals surface area (Å²) in [5, 5.41) is 12.4. The normalized spacial score (nSPS) is 10.4. The zero-order valence-corrected chi connectivity index (χ0v) is 12.9. The Bertz CT molecular complexity index is 741. The second-order valence-electron chi connectivity index (χ2n) is 4.68. The molecule has 1 amide bonds. The Morgan fingerprint density at radius 1 is 1.17 bits per heavy atom. The van der Waals surface area contributed by atoms with Gasteiger partial charge in [0, 0.05) is 5.56 Å². The van der Waals surface area contributed by atoms with Crippen LogP contribution in [0.5, 0.6) is 11.5 Å². The molecule has 7 heteroatoms. The molecule has 0 bridgehead atoms. The van der Waals surface area contributed by atoms with Crippen molar-refractivity contribution in [3.8, 4) is 11.5 Å². The maximum Gasteiger partial charge on any atom is 0.341 e. The van der Waals surface area contributed by atoms with E-state index in [9.17, 15) is 9.59 Å². The van der Waals surface area contributed by atoms with Crippen LogP contribution in [-0.4, -0.2) is 36.9 Å².